The second kappa shape index (κ2) is 4.57. The van der Waals surface area contributed by atoms with Gasteiger partial charge in [-0.1, -0.05) is 54.1 Å². The van der Waals surface area contributed by atoms with Crippen LogP contribution in [0.3, 0.4) is 0 Å². The molecule has 4 aromatic rings. The van der Waals surface area contributed by atoms with Crippen molar-refractivity contribution in [2.75, 3.05) is 0 Å². The van der Waals surface area contributed by atoms with E-state index in [0.717, 1.165) is 22.2 Å². The van der Waals surface area contributed by atoms with Gasteiger partial charge in [-0.15, -0.1) is 0 Å². The van der Waals surface area contributed by atoms with Crippen LogP contribution >= 0.6 is 11.6 Å². The zero-order valence-electron chi connectivity index (χ0n) is 11.4. The van der Waals surface area contributed by atoms with Crippen molar-refractivity contribution in [1.82, 2.24) is 14.5 Å². The van der Waals surface area contributed by atoms with E-state index in [1.165, 1.54) is 17.1 Å². The van der Waals surface area contributed by atoms with Gasteiger partial charge in [0.2, 0.25) is 0 Å². The lowest BCUT2D eigenvalue weighted by atomic mass is 9.99. The van der Waals surface area contributed by atoms with E-state index >= 15 is 0 Å². The van der Waals surface area contributed by atoms with Crippen LogP contribution in [0.4, 0.5) is 0 Å². The number of aromatic nitrogens is 3. The number of rotatable bonds is 1. The minimum atomic E-state index is 0.489. The Labute approximate surface area is 126 Å². The van der Waals surface area contributed by atoms with Crippen molar-refractivity contribution in [3.05, 3.63) is 60.1 Å². The van der Waals surface area contributed by atoms with Gasteiger partial charge < -0.3 is 4.57 Å². The van der Waals surface area contributed by atoms with Crippen molar-refractivity contribution in [2.45, 2.75) is 0 Å². The second-order valence-corrected chi connectivity index (χ2v) is 5.40. The minimum Gasteiger partial charge on any atom is -0.335 e. The van der Waals surface area contributed by atoms with Gasteiger partial charge in [-0.05, 0) is 16.3 Å². The van der Waals surface area contributed by atoms with Crippen LogP contribution in [0, 0.1) is 0 Å². The molecular formula is C17H12ClN3. The molecule has 4 heteroatoms. The number of hydrogen-bond acceptors (Lipinski definition) is 2. The van der Waals surface area contributed by atoms with Crippen LogP contribution in [-0.4, -0.2) is 14.5 Å². The van der Waals surface area contributed by atoms with Crippen LogP contribution in [0.5, 0.6) is 0 Å². The van der Waals surface area contributed by atoms with Gasteiger partial charge >= 0.3 is 0 Å². The Kier molecular flexibility index (Phi) is 2.69. The highest BCUT2D eigenvalue weighted by atomic mass is 35.5. The maximum absolute atomic E-state index is 6.31. The van der Waals surface area contributed by atoms with Gasteiger partial charge in [-0.3, -0.25) is 0 Å². The zero-order chi connectivity index (χ0) is 14.4. The molecule has 0 bridgehead atoms. The summed E-state index contributed by atoms with van der Waals surface area (Å²) in [7, 11) is 1.97. The molecule has 3 nitrogen and oxygen atoms in total. The summed E-state index contributed by atoms with van der Waals surface area (Å²) in [4.78, 5) is 8.46. The van der Waals surface area contributed by atoms with Gasteiger partial charge in [0.25, 0.3) is 0 Å². The van der Waals surface area contributed by atoms with Crippen molar-refractivity contribution < 1.29 is 0 Å². The first kappa shape index (κ1) is 12.4. The molecule has 0 aliphatic carbocycles. The fourth-order valence-electron chi connectivity index (χ4n) is 2.84. The highest BCUT2D eigenvalue weighted by Gasteiger charge is 2.15. The molecule has 0 saturated carbocycles. The maximum Gasteiger partial charge on any atom is 0.145 e. The summed E-state index contributed by atoms with van der Waals surface area (Å²) in [5, 5.41) is 3.80. The monoisotopic (exact) mass is 293 g/mol. The Bertz CT molecular complexity index is 967. The van der Waals surface area contributed by atoms with E-state index in [1.54, 1.807) is 0 Å². The molecule has 0 atom stereocenters. The summed E-state index contributed by atoms with van der Waals surface area (Å²) in [6.45, 7) is 0. The Balaban J connectivity index is 2.15. The van der Waals surface area contributed by atoms with E-state index < -0.39 is 0 Å². The Morgan fingerprint density at radius 3 is 2.67 bits per heavy atom. The van der Waals surface area contributed by atoms with Crippen molar-refractivity contribution in [3.63, 3.8) is 0 Å². The third-order valence-corrected chi connectivity index (χ3v) is 4.07. The second-order valence-electron chi connectivity index (χ2n) is 5.04. The first-order valence-corrected chi connectivity index (χ1v) is 7.07. The average Bonchev–Trinajstić information content (AvgIpc) is 2.85. The molecule has 102 valence electrons. The summed E-state index contributed by atoms with van der Waals surface area (Å²) >= 11 is 6.31. The molecule has 0 fully saturated rings. The lowest BCUT2D eigenvalue weighted by Gasteiger charge is -2.05. The van der Waals surface area contributed by atoms with Crippen LogP contribution in [0.25, 0.3) is 32.9 Å². The number of halogens is 1. The third kappa shape index (κ3) is 1.82. The van der Waals surface area contributed by atoms with Crippen LogP contribution in [0.15, 0.2) is 55.0 Å². The van der Waals surface area contributed by atoms with E-state index in [0.29, 0.717) is 5.15 Å². The standard InChI is InChI=1S/C17H12ClN3/c1-21-9-14(15-16(18)19-10-20-17(15)21)13-8-4-6-11-5-2-3-7-12(11)13/h2-10H,1H3. The van der Waals surface area contributed by atoms with Crippen LogP contribution in [0.2, 0.25) is 5.15 Å². The van der Waals surface area contributed by atoms with E-state index in [-0.39, 0.29) is 0 Å². The first-order chi connectivity index (χ1) is 10.3. The largest absolute Gasteiger partial charge is 0.335 e. The number of fused-ring (bicyclic) bond motifs is 2. The summed E-state index contributed by atoms with van der Waals surface area (Å²) in [6.07, 6.45) is 3.56. The molecule has 0 saturated heterocycles. The number of benzene rings is 2. The Morgan fingerprint density at radius 1 is 0.952 bits per heavy atom. The van der Waals surface area contributed by atoms with Gasteiger partial charge in [0.1, 0.15) is 17.1 Å². The quantitative estimate of drug-likeness (QED) is 0.486. The smallest absolute Gasteiger partial charge is 0.145 e. The normalized spacial score (nSPS) is 11.3. The van der Waals surface area contributed by atoms with Gasteiger partial charge in [-0.2, -0.15) is 0 Å². The van der Waals surface area contributed by atoms with E-state index in [1.807, 2.05) is 17.7 Å². The fourth-order valence-corrected chi connectivity index (χ4v) is 3.07. The van der Waals surface area contributed by atoms with Gasteiger partial charge in [0.15, 0.2) is 0 Å². The number of hydrogen-bond donors (Lipinski definition) is 0. The number of aryl methyl sites for hydroxylation is 1. The van der Waals surface area contributed by atoms with Crippen molar-refractivity contribution in [1.29, 1.82) is 0 Å². The van der Waals surface area contributed by atoms with E-state index in [4.69, 9.17) is 11.6 Å². The molecule has 0 aliphatic heterocycles. The Hall–Kier alpha value is -2.39. The molecule has 2 aromatic carbocycles. The van der Waals surface area contributed by atoms with E-state index in [9.17, 15) is 0 Å². The SMILES string of the molecule is Cn1cc(-c2cccc3ccccc23)c2c(Cl)ncnc21. The number of nitrogens with zero attached hydrogens (tertiary/aromatic N) is 3. The molecule has 21 heavy (non-hydrogen) atoms. The summed E-state index contributed by atoms with van der Waals surface area (Å²) in [5.74, 6) is 0. The van der Waals surface area contributed by atoms with Crippen molar-refractivity contribution in [2.24, 2.45) is 7.05 Å². The Morgan fingerprint density at radius 2 is 1.76 bits per heavy atom. The maximum atomic E-state index is 6.31. The fraction of sp³-hybridized carbons (Fsp3) is 0.0588. The van der Waals surface area contributed by atoms with Gasteiger partial charge in [0.05, 0.1) is 5.39 Å². The molecule has 2 aromatic heterocycles. The molecule has 0 unspecified atom stereocenters. The molecule has 4 rings (SSSR count). The molecule has 0 amide bonds. The summed E-state index contributed by atoms with van der Waals surface area (Å²) < 4.78 is 1.99. The lowest BCUT2D eigenvalue weighted by molar-refractivity contribution is 0.944. The van der Waals surface area contributed by atoms with Crippen molar-refractivity contribution >= 4 is 33.4 Å². The molecule has 0 aliphatic rings. The van der Waals surface area contributed by atoms with E-state index in [2.05, 4.69) is 52.6 Å². The molecular weight excluding hydrogens is 282 g/mol. The predicted octanol–water partition coefficient (Wildman–Crippen LogP) is 4.44. The van der Waals surface area contributed by atoms with Crippen LogP contribution in [-0.2, 0) is 7.05 Å². The van der Waals surface area contributed by atoms with Crippen LogP contribution in [0.1, 0.15) is 0 Å². The third-order valence-electron chi connectivity index (χ3n) is 3.79. The van der Waals surface area contributed by atoms with Gasteiger partial charge in [-0.25, -0.2) is 9.97 Å². The predicted molar refractivity (Wildman–Crippen MR) is 86.5 cm³/mol. The molecule has 0 spiro atoms. The summed E-state index contributed by atoms with van der Waals surface area (Å²) in [6, 6.07) is 14.6. The van der Waals surface area contributed by atoms with Crippen molar-refractivity contribution in [3.8, 4) is 11.1 Å². The molecule has 0 radical (unpaired) electrons. The highest BCUT2D eigenvalue weighted by molar-refractivity contribution is 6.35. The topological polar surface area (TPSA) is 30.7 Å². The van der Waals surface area contributed by atoms with Crippen LogP contribution < -0.4 is 0 Å². The van der Waals surface area contributed by atoms with Gasteiger partial charge in [0, 0.05) is 18.8 Å². The average molecular weight is 294 g/mol. The highest BCUT2D eigenvalue weighted by Crippen LogP contribution is 2.36. The summed E-state index contributed by atoms with van der Waals surface area (Å²) in [5.41, 5.74) is 3.06. The molecule has 0 N–H and O–H groups in total. The lowest BCUT2D eigenvalue weighted by Crippen LogP contribution is -1.88. The minimum absolute atomic E-state index is 0.489. The molecule has 2 heterocycles. The first-order valence-electron chi connectivity index (χ1n) is 6.69. The zero-order valence-corrected chi connectivity index (χ0v) is 12.2.